The van der Waals surface area contributed by atoms with E-state index in [1.165, 1.54) is 0 Å². The molecule has 0 aliphatic carbocycles. The molecular weight excluding hydrogens is 378 g/mol. The lowest BCUT2D eigenvalue weighted by Gasteiger charge is -2.31. The second kappa shape index (κ2) is 7.38. The maximum atomic E-state index is 13.7. The van der Waals surface area contributed by atoms with E-state index in [1.807, 2.05) is 28.8 Å². The molecule has 0 spiro atoms. The van der Waals surface area contributed by atoms with Crippen LogP contribution in [0.15, 0.2) is 29.1 Å². The van der Waals surface area contributed by atoms with Crippen LogP contribution in [0.5, 0.6) is 0 Å². The Morgan fingerprint density at radius 2 is 1.89 bits per heavy atom. The predicted molar refractivity (Wildman–Crippen MR) is 114 cm³/mol. The number of piperidine rings is 1. The van der Waals surface area contributed by atoms with Crippen LogP contribution in [0.3, 0.4) is 0 Å². The van der Waals surface area contributed by atoms with E-state index in [1.54, 1.807) is 11.3 Å². The van der Waals surface area contributed by atoms with E-state index in [0.29, 0.717) is 5.02 Å². The smallest absolute Gasteiger partial charge is 0.263 e. The summed E-state index contributed by atoms with van der Waals surface area (Å²) in [4.78, 5) is 22.9. The third-order valence-electron chi connectivity index (χ3n) is 5.51. The lowest BCUT2D eigenvalue weighted by atomic mass is 10.0. The van der Waals surface area contributed by atoms with Gasteiger partial charge in [-0.2, -0.15) is 0 Å². The molecule has 1 fully saturated rings. The van der Waals surface area contributed by atoms with Crippen molar-refractivity contribution in [3.63, 3.8) is 0 Å². The fraction of sp³-hybridized carbons (Fsp3) is 0.429. The van der Waals surface area contributed by atoms with E-state index in [4.69, 9.17) is 16.6 Å². The molecule has 0 amide bonds. The third kappa shape index (κ3) is 3.33. The Balaban J connectivity index is 1.94. The van der Waals surface area contributed by atoms with Gasteiger partial charge in [0.15, 0.2) is 0 Å². The number of likely N-dealkylation sites (tertiary alicyclic amines) is 1. The van der Waals surface area contributed by atoms with Crippen molar-refractivity contribution < 1.29 is 0 Å². The van der Waals surface area contributed by atoms with E-state index in [0.717, 1.165) is 64.4 Å². The minimum atomic E-state index is 0.112. The SMILES string of the molecule is CCc1nc2sc(C)c(-c3ccc(Cl)cc3)c2c(=O)n1C1CCN(C)CC1. The summed E-state index contributed by atoms with van der Waals surface area (Å²) < 4.78 is 1.99. The monoisotopic (exact) mass is 401 g/mol. The van der Waals surface area contributed by atoms with E-state index >= 15 is 0 Å². The van der Waals surface area contributed by atoms with E-state index in [2.05, 4.69) is 25.8 Å². The van der Waals surface area contributed by atoms with Gasteiger partial charge < -0.3 is 4.90 Å². The van der Waals surface area contributed by atoms with Crippen molar-refractivity contribution >= 4 is 33.2 Å². The Kier molecular flexibility index (Phi) is 5.10. The minimum Gasteiger partial charge on any atom is -0.306 e. The van der Waals surface area contributed by atoms with E-state index < -0.39 is 0 Å². The highest BCUT2D eigenvalue weighted by atomic mass is 35.5. The standard InChI is InChI=1S/C21H24ClN3OS/c1-4-17-23-20-19(21(26)25(17)16-9-11-24(3)12-10-16)18(13(2)27-20)14-5-7-15(22)8-6-14/h5-8,16H,4,9-12H2,1-3H3. The minimum absolute atomic E-state index is 0.112. The fourth-order valence-electron chi connectivity index (χ4n) is 4.06. The normalized spacial score (nSPS) is 16.3. The molecule has 0 bridgehead atoms. The summed E-state index contributed by atoms with van der Waals surface area (Å²) in [6, 6.07) is 7.97. The van der Waals surface area contributed by atoms with Gasteiger partial charge in [0.1, 0.15) is 10.7 Å². The number of hydrogen-bond donors (Lipinski definition) is 0. The van der Waals surface area contributed by atoms with Gasteiger partial charge in [-0.25, -0.2) is 4.98 Å². The largest absolute Gasteiger partial charge is 0.306 e. The quantitative estimate of drug-likeness (QED) is 0.625. The molecule has 1 aliphatic heterocycles. The van der Waals surface area contributed by atoms with Gasteiger partial charge in [-0.1, -0.05) is 30.7 Å². The number of aryl methyl sites for hydroxylation is 2. The summed E-state index contributed by atoms with van der Waals surface area (Å²) in [6.45, 7) is 6.19. The van der Waals surface area contributed by atoms with Gasteiger partial charge in [0.25, 0.3) is 5.56 Å². The molecule has 4 rings (SSSR count). The number of aromatic nitrogens is 2. The number of hydrogen-bond acceptors (Lipinski definition) is 4. The first kappa shape index (κ1) is 18.7. The summed E-state index contributed by atoms with van der Waals surface area (Å²) in [7, 11) is 2.14. The molecule has 4 nitrogen and oxygen atoms in total. The first-order valence-electron chi connectivity index (χ1n) is 9.48. The zero-order chi connectivity index (χ0) is 19.1. The highest BCUT2D eigenvalue weighted by molar-refractivity contribution is 7.19. The van der Waals surface area contributed by atoms with Gasteiger partial charge in [-0.05, 0) is 57.6 Å². The summed E-state index contributed by atoms with van der Waals surface area (Å²) in [6.07, 6.45) is 2.76. The number of fused-ring (bicyclic) bond motifs is 1. The van der Waals surface area contributed by atoms with Crippen LogP contribution in [0.25, 0.3) is 21.3 Å². The van der Waals surface area contributed by atoms with Crippen LogP contribution in [-0.4, -0.2) is 34.6 Å². The zero-order valence-corrected chi connectivity index (χ0v) is 17.5. The Morgan fingerprint density at radius 3 is 2.52 bits per heavy atom. The lowest BCUT2D eigenvalue weighted by Crippen LogP contribution is -2.37. The number of halogens is 1. The van der Waals surface area contributed by atoms with Crippen molar-refractivity contribution in [2.75, 3.05) is 20.1 Å². The number of thiophene rings is 1. The molecule has 0 N–H and O–H groups in total. The van der Waals surface area contributed by atoms with Gasteiger partial charge >= 0.3 is 0 Å². The molecule has 27 heavy (non-hydrogen) atoms. The van der Waals surface area contributed by atoms with Crippen LogP contribution in [0.4, 0.5) is 0 Å². The number of nitrogens with zero attached hydrogens (tertiary/aromatic N) is 3. The lowest BCUT2D eigenvalue weighted by molar-refractivity contribution is 0.216. The summed E-state index contributed by atoms with van der Waals surface area (Å²) in [5.41, 5.74) is 2.15. The second-order valence-corrected chi connectivity index (χ2v) is 8.95. The maximum Gasteiger partial charge on any atom is 0.263 e. The van der Waals surface area contributed by atoms with Crippen LogP contribution < -0.4 is 5.56 Å². The molecule has 142 valence electrons. The molecule has 0 atom stereocenters. The van der Waals surface area contributed by atoms with Crippen molar-refractivity contribution in [2.24, 2.45) is 0 Å². The highest BCUT2D eigenvalue weighted by Gasteiger charge is 2.25. The number of benzene rings is 1. The van der Waals surface area contributed by atoms with Gasteiger partial charge in [0, 0.05) is 27.9 Å². The Morgan fingerprint density at radius 1 is 1.22 bits per heavy atom. The van der Waals surface area contributed by atoms with E-state index in [-0.39, 0.29) is 11.6 Å². The van der Waals surface area contributed by atoms with Gasteiger partial charge in [0.05, 0.1) is 5.39 Å². The average Bonchev–Trinajstić information content (AvgIpc) is 2.99. The maximum absolute atomic E-state index is 13.7. The molecule has 0 saturated carbocycles. The van der Waals surface area contributed by atoms with Crippen molar-refractivity contribution in [1.82, 2.24) is 14.5 Å². The summed E-state index contributed by atoms with van der Waals surface area (Å²) >= 11 is 7.67. The molecule has 1 saturated heterocycles. The van der Waals surface area contributed by atoms with Crippen molar-refractivity contribution in [2.45, 2.75) is 39.2 Å². The van der Waals surface area contributed by atoms with Gasteiger partial charge in [-0.15, -0.1) is 11.3 Å². The van der Waals surface area contributed by atoms with Crippen LogP contribution in [0, 0.1) is 6.92 Å². The molecular formula is C21H24ClN3OS. The summed E-state index contributed by atoms with van der Waals surface area (Å²) in [5.74, 6) is 0.908. The van der Waals surface area contributed by atoms with Crippen LogP contribution in [0.2, 0.25) is 5.02 Å². The number of rotatable bonds is 3. The third-order valence-corrected chi connectivity index (χ3v) is 6.76. The van der Waals surface area contributed by atoms with E-state index in [9.17, 15) is 4.79 Å². The Labute approximate surface area is 168 Å². The van der Waals surface area contributed by atoms with Crippen LogP contribution in [-0.2, 0) is 6.42 Å². The van der Waals surface area contributed by atoms with Crippen LogP contribution in [0.1, 0.15) is 36.5 Å². The van der Waals surface area contributed by atoms with Crippen molar-refractivity contribution in [1.29, 1.82) is 0 Å². The topological polar surface area (TPSA) is 38.1 Å². The first-order valence-corrected chi connectivity index (χ1v) is 10.7. The Bertz CT molecular complexity index is 1030. The molecule has 2 aromatic heterocycles. The second-order valence-electron chi connectivity index (χ2n) is 7.31. The summed E-state index contributed by atoms with van der Waals surface area (Å²) in [5, 5.41) is 1.46. The molecule has 3 heterocycles. The average molecular weight is 402 g/mol. The predicted octanol–water partition coefficient (Wildman–Crippen LogP) is 4.92. The zero-order valence-electron chi connectivity index (χ0n) is 16.0. The molecule has 6 heteroatoms. The Hall–Kier alpha value is -1.69. The molecule has 1 aromatic carbocycles. The highest BCUT2D eigenvalue weighted by Crippen LogP contribution is 2.37. The van der Waals surface area contributed by atoms with Gasteiger partial charge in [0.2, 0.25) is 0 Å². The molecule has 0 radical (unpaired) electrons. The van der Waals surface area contributed by atoms with Crippen molar-refractivity contribution in [3.8, 4) is 11.1 Å². The fourth-order valence-corrected chi connectivity index (χ4v) is 5.24. The first-order chi connectivity index (χ1) is 13.0. The molecule has 0 unspecified atom stereocenters. The van der Waals surface area contributed by atoms with Crippen LogP contribution >= 0.6 is 22.9 Å². The molecule has 3 aromatic rings. The van der Waals surface area contributed by atoms with Gasteiger partial charge in [-0.3, -0.25) is 9.36 Å². The van der Waals surface area contributed by atoms with Crippen molar-refractivity contribution in [3.05, 3.63) is 50.3 Å². The molecule has 1 aliphatic rings.